The molecule has 0 saturated carbocycles. The normalized spacial score (nSPS) is 10.9. The van der Waals surface area contributed by atoms with Gasteiger partial charge in [0.1, 0.15) is 5.02 Å². The molecule has 3 aromatic rings. The van der Waals surface area contributed by atoms with Crippen LogP contribution in [0.5, 0.6) is 0 Å². The molecule has 0 spiro atoms. The summed E-state index contributed by atoms with van der Waals surface area (Å²) in [5.74, 6) is 0.104. The van der Waals surface area contributed by atoms with E-state index in [4.69, 9.17) is 11.6 Å². The number of hydrogen-bond donors (Lipinski definition) is 1. The number of aryl methyl sites for hydroxylation is 2. The zero-order valence-electron chi connectivity index (χ0n) is 14.5. The van der Waals surface area contributed by atoms with Crippen molar-refractivity contribution < 1.29 is 4.79 Å². The third kappa shape index (κ3) is 3.58. The maximum absolute atomic E-state index is 12.6. The van der Waals surface area contributed by atoms with Crippen LogP contribution in [0.3, 0.4) is 0 Å². The summed E-state index contributed by atoms with van der Waals surface area (Å²) in [6, 6.07) is 9.94. The van der Waals surface area contributed by atoms with Crippen molar-refractivity contribution in [1.82, 2.24) is 19.6 Å². The maximum atomic E-state index is 12.6. The van der Waals surface area contributed by atoms with Crippen molar-refractivity contribution in [2.24, 2.45) is 0 Å². The zero-order valence-corrected chi connectivity index (χ0v) is 15.2. The Hall–Kier alpha value is -2.60. The summed E-state index contributed by atoms with van der Waals surface area (Å²) in [7, 11) is 0. The molecule has 0 atom stereocenters. The minimum absolute atomic E-state index is 0.249. The number of amides is 1. The van der Waals surface area contributed by atoms with Gasteiger partial charge in [-0.15, -0.1) is 0 Å². The first-order valence-corrected chi connectivity index (χ1v) is 8.49. The van der Waals surface area contributed by atoms with Crippen molar-refractivity contribution >= 4 is 23.3 Å². The van der Waals surface area contributed by atoms with Crippen LogP contribution in [0.4, 0.5) is 5.82 Å². The molecule has 1 amide bonds. The summed E-state index contributed by atoms with van der Waals surface area (Å²) in [6.45, 7) is 7.00. The Balaban J connectivity index is 1.79. The smallest absolute Gasteiger partial charge is 0.260 e. The highest BCUT2D eigenvalue weighted by Crippen LogP contribution is 2.22. The lowest BCUT2D eigenvalue weighted by Gasteiger charge is -2.04. The summed E-state index contributed by atoms with van der Waals surface area (Å²) in [5, 5.41) is 12.0. The molecule has 130 valence electrons. The molecule has 25 heavy (non-hydrogen) atoms. The first-order valence-electron chi connectivity index (χ1n) is 8.11. The van der Waals surface area contributed by atoms with E-state index in [-0.39, 0.29) is 5.91 Å². The summed E-state index contributed by atoms with van der Waals surface area (Å²) in [4.78, 5) is 12.6. The van der Waals surface area contributed by atoms with Gasteiger partial charge in [-0.25, -0.2) is 0 Å². The molecule has 0 aliphatic heterocycles. The lowest BCUT2D eigenvalue weighted by molar-refractivity contribution is 0.102. The molecule has 0 bridgehead atoms. The molecule has 0 fully saturated rings. The van der Waals surface area contributed by atoms with E-state index in [1.807, 2.05) is 51.1 Å². The Bertz CT molecular complexity index is 898. The topological polar surface area (TPSA) is 64.7 Å². The van der Waals surface area contributed by atoms with E-state index >= 15 is 0 Å². The number of nitrogens with one attached hydrogen (secondary N) is 1. The average molecular weight is 358 g/mol. The van der Waals surface area contributed by atoms with E-state index in [0.717, 1.165) is 11.3 Å². The summed E-state index contributed by atoms with van der Waals surface area (Å²) in [5.41, 5.74) is 3.19. The van der Waals surface area contributed by atoms with Gasteiger partial charge in [-0.05, 0) is 26.3 Å². The molecule has 6 nitrogen and oxygen atoms in total. The Morgan fingerprint density at radius 3 is 2.56 bits per heavy atom. The van der Waals surface area contributed by atoms with Crippen LogP contribution >= 0.6 is 11.6 Å². The molecule has 2 aromatic heterocycles. The van der Waals surface area contributed by atoms with Crippen molar-refractivity contribution in [3.8, 4) is 0 Å². The van der Waals surface area contributed by atoms with Crippen LogP contribution in [0.2, 0.25) is 5.02 Å². The highest BCUT2D eigenvalue weighted by Gasteiger charge is 2.20. The summed E-state index contributed by atoms with van der Waals surface area (Å²) < 4.78 is 3.52. The first kappa shape index (κ1) is 17.2. The molecule has 0 radical (unpaired) electrons. The lowest BCUT2D eigenvalue weighted by atomic mass is 10.2. The molecule has 1 N–H and O–H groups in total. The third-order valence-electron chi connectivity index (χ3n) is 4.04. The molecule has 0 aliphatic rings. The van der Waals surface area contributed by atoms with E-state index in [1.165, 1.54) is 0 Å². The van der Waals surface area contributed by atoms with Crippen molar-refractivity contribution in [1.29, 1.82) is 0 Å². The second-order valence-electron chi connectivity index (χ2n) is 5.82. The molecule has 7 heteroatoms. The molecule has 3 rings (SSSR count). The fraction of sp³-hybridized carbons (Fsp3) is 0.278. The number of rotatable bonds is 5. The number of carbonyl (C=O) groups excluding carboxylic acids is 1. The minimum atomic E-state index is -0.249. The van der Waals surface area contributed by atoms with E-state index in [9.17, 15) is 4.79 Å². The van der Waals surface area contributed by atoms with Gasteiger partial charge >= 0.3 is 0 Å². The van der Waals surface area contributed by atoms with Gasteiger partial charge in [-0.3, -0.25) is 14.2 Å². The Kier molecular flexibility index (Phi) is 4.90. The van der Waals surface area contributed by atoms with Gasteiger partial charge in [0.2, 0.25) is 0 Å². The molecule has 0 aliphatic carbocycles. The van der Waals surface area contributed by atoms with Crippen molar-refractivity contribution in [2.75, 3.05) is 5.32 Å². The van der Waals surface area contributed by atoms with Gasteiger partial charge in [0.05, 0.1) is 17.8 Å². The highest BCUT2D eigenvalue weighted by molar-refractivity contribution is 6.33. The number of hydrogen-bond acceptors (Lipinski definition) is 3. The van der Waals surface area contributed by atoms with Crippen molar-refractivity contribution in [3.05, 3.63) is 64.1 Å². The highest BCUT2D eigenvalue weighted by atomic mass is 35.5. The zero-order chi connectivity index (χ0) is 18.0. The molecular weight excluding hydrogens is 338 g/mol. The van der Waals surface area contributed by atoms with Crippen LogP contribution < -0.4 is 5.32 Å². The Morgan fingerprint density at radius 1 is 1.20 bits per heavy atom. The summed E-state index contributed by atoms with van der Waals surface area (Å²) >= 11 is 6.24. The Labute approximate surface area is 151 Å². The van der Waals surface area contributed by atoms with Gasteiger partial charge in [-0.2, -0.15) is 10.2 Å². The number of anilines is 1. The van der Waals surface area contributed by atoms with Crippen LogP contribution in [0.25, 0.3) is 0 Å². The van der Waals surface area contributed by atoms with Crippen LogP contribution in [-0.4, -0.2) is 25.5 Å². The lowest BCUT2D eigenvalue weighted by Crippen LogP contribution is -2.15. The van der Waals surface area contributed by atoms with Gasteiger partial charge in [0, 0.05) is 18.4 Å². The average Bonchev–Trinajstić information content (AvgIpc) is 3.07. The van der Waals surface area contributed by atoms with Gasteiger partial charge in [0.25, 0.3) is 5.91 Å². The number of benzene rings is 1. The monoisotopic (exact) mass is 357 g/mol. The van der Waals surface area contributed by atoms with Gasteiger partial charge < -0.3 is 5.32 Å². The standard InChI is InChI=1S/C18H20ClN5O/c1-4-24-13(3)16(12(2)21-24)18(25)20-17-15(19)11-23(22-17)10-14-8-6-5-7-9-14/h5-9,11H,4,10H2,1-3H3,(H,20,22,25). The molecule has 0 saturated heterocycles. The molecule has 2 heterocycles. The predicted molar refractivity (Wildman–Crippen MR) is 98.1 cm³/mol. The van der Waals surface area contributed by atoms with Crippen LogP contribution in [0, 0.1) is 13.8 Å². The van der Waals surface area contributed by atoms with E-state index in [0.29, 0.717) is 35.2 Å². The largest absolute Gasteiger partial charge is 0.304 e. The fourth-order valence-electron chi connectivity index (χ4n) is 2.84. The number of carbonyl (C=O) groups is 1. The predicted octanol–water partition coefficient (Wildman–Crippen LogP) is 3.67. The molecular formula is C18H20ClN5O. The minimum Gasteiger partial charge on any atom is -0.304 e. The molecule has 1 aromatic carbocycles. The van der Waals surface area contributed by atoms with Crippen LogP contribution in [-0.2, 0) is 13.1 Å². The second-order valence-corrected chi connectivity index (χ2v) is 6.23. The van der Waals surface area contributed by atoms with Crippen LogP contribution in [0.1, 0.15) is 34.2 Å². The second kappa shape index (κ2) is 7.11. The molecule has 0 unspecified atom stereocenters. The van der Waals surface area contributed by atoms with Gasteiger partial charge in [0.15, 0.2) is 5.82 Å². The van der Waals surface area contributed by atoms with Crippen LogP contribution in [0.15, 0.2) is 36.5 Å². The quantitative estimate of drug-likeness (QED) is 0.757. The number of halogens is 1. The first-order chi connectivity index (χ1) is 12.0. The third-order valence-corrected chi connectivity index (χ3v) is 4.32. The number of nitrogens with zero attached hydrogens (tertiary/aromatic N) is 4. The van der Waals surface area contributed by atoms with E-state index in [1.54, 1.807) is 15.6 Å². The van der Waals surface area contributed by atoms with Gasteiger partial charge in [-0.1, -0.05) is 41.9 Å². The number of aromatic nitrogens is 4. The maximum Gasteiger partial charge on any atom is 0.260 e. The van der Waals surface area contributed by atoms with E-state index < -0.39 is 0 Å². The fourth-order valence-corrected chi connectivity index (χ4v) is 3.03. The SMILES string of the molecule is CCn1nc(C)c(C(=O)Nc2nn(Cc3ccccc3)cc2Cl)c1C. The Morgan fingerprint density at radius 2 is 1.92 bits per heavy atom. The van der Waals surface area contributed by atoms with Crippen molar-refractivity contribution in [2.45, 2.75) is 33.9 Å². The van der Waals surface area contributed by atoms with E-state index in [2.05, 4.69) is 15.5 Å². The van der Waals surface area contributed by atoms with Crippen molar-refractivity contribution in [3.63, 3.8) is 0 Å². The summed E-state index contributed by atoms with van der Waals surface area (Å²) in [6.07, 6.45) is 1.71.